The molecule has 1 amide bonds. The molecule has 1 atom stereocenters. The molecule has 4 heteroatoms. The predicted molar refractivity (Wildman–Crippen MR) is 124 cm³/mol. The molecule has 0 radical (unpaired) electrons. The average molecular weight is 415 g/mol. The van der Waals surface area contributed by atoms with E-state index in [4.69, 9.17) is 16.6 Å². The zero-order valence-electron chi connectivity index (χ0n) is 16.8. The van der Waals surface area contributed by atoms with E-state index in [1.807, 2.05) is 79.7 Å². The lowest BCUT2D eigenvalue weighted by molar-refractivity contribution is 0.0940. The molecule has 30 heavy (non-hydrogen) atoms. The molecule has 0 aliphatic heterocycles. The van der Waals surface area contributed by atoms with Gasteiger partial charge in [0.05, 0.1) is 16.8 Å². The zero-order valence-corrected chi connectivity index (χ0v) is 17.6. The van der Waals surface area contributed by atoms with Crippen LogP contribution in [0.1, 0.15) is 29.3 Å². The number of halogens is 1. The number of benzene rings is 3. The van der Waals surface area contributed by atoms with E-state index in [0.717, 1.165) is 29.3 Å². The number of aryl methyl sites for hydroxylation is 1. The first kappa shape index (κ1) is 20.1. The molecule has 3 nitrogen and oxygen atoms in total. The van der Waals surface area contributed by atoms with Crippen molar-refractivity contribution < 1.29 is 4.79 Å². The molecule has 1 N–H and O–H groups in total. The minimum atomic E-state index is -0.0949. The maximum atomic E-state index is 13.2. The van der Waals surface area contributed by atoms with E-state index in [1.54, 1.807) is 0 Å². The lowest BCUT2D eigenvalue weighted by Crippen LogP contribution is -2.33. The first-order valence-electron chi connectivity index (χ1n) is 10.1. The van der Waals surface area contributed by atoms with Crippen molar-refractivity contribution in [3.05, 3.63) is 101 Å². The molecular weight excluding hydrogens is 392 g/mol. The van der Waals surface area contributed by atoms with Gasteiger partial charge in [-0.3, -0.25) is 4.79 Å². The summed E-state index contributed by atoms with van der Waals surface area (Å²) in [5.41, 5.74) is 4.17. The van der Waals surface area contributed by atoms with Crippen molar-refractivity contribution in [1.29, 1.82) is 0 Å². The van der Waals surface area contributed by atoms with Gasteiger partial charge in [-0.2, -0.15) is 0 Å². The molecule has 0 bridgehead atoms. The van der Waals surface area contributed by atoms with Crippen molar-refractivity contribution in [2.24, 2.45) is 0 Å². The Balaban J connectivity index is 1.60. The third kappa shape index (κ3) is 4.52. The van der Waals surface area contributed by atoms with Crippen molar-refractivity contribution in [1.82, 2.24) is 10.3 Å². The number of nitrogens with zero attached hydrogens (tertiary/aromatic N) is 1. The second-order valence-corrected chi connectivity index (χ2v) is 7.86. The molecule has 4 rings (SSSR count). The Morgan fingerprint density at radius 1 is 0.967 bits per heavy atom. The maximum Gasteiger partial charge on any atom is 0.252 e. The van der Waals surface area contributed by atoms with Crippen LogP contribution < -0.4 is 5.32 Å². The Labute approximate surface area is 181 Å². The van der Waals surface area contributed by atoms with Crippen molar-refractivity contribution in [3.63, 3.8) is 0 Å². The third-order valence-electron chi connectivity index (χ3n) is 5.20. The van der Waals surface area contributed by atoms with Crippen LogP contribution in [0.25, 0.3) is 22.2 Å². The van der Waals surface area contributed by atoms with Gasteiger partial charge in [-0.05, 0) is 43.5 Å². The Hall–Kier alpha value is -3.17. The third-order valence-corrected chi connectivity index (χ3v) is 5.53. The summed E-state index contributed by atoms with van der Waals surface area (Å²) in [6.07, 6.45) is 1.79. The molecular formula is C26H23ClN2O. The SMILES string of the molecule is CC(CCc1ccccc1)NC(=O)c1cc(-c2ccccc2Cl)nc2ccccc12. The molecule has 1 heterocycles. The summed E-state index contributed by atoms with van der Waals surface area (Å²) in [6, 6.07) is 27.5. The molecule has 150 valence electrons. The summed E-state index contributed by atoms with van der Waals surface area (Å²) in [7, 11) is 0. The van der Waals surface area contributed by atoms with Gasteiger partial charge >= 0.3 is 0 Å². The number of aromatic nitrogens is 1. The fourth-order valence-corrected chi connectivity index (χ4v) is 3.80. The summed E-state index contributed by atoms with van der Waals surface area (Å²) in [5, 5.41) is 4.60. The van der Waals surface area contributed by atoms with Gasteiger partial charge in [0.2, 0.25) is 0 Å². The molecule has 0 saturated carbocycles. The van der Waals surface area contributed by atoms with Gasteiger partial charge in [-0.15, -0.1) is 0 Å². The average Bonchev–Trinajstić information content (AvgIpc) is 2.78. The Morgan fingerprint density at radius 2 is 1.67 bits per heavy atom. The van der Waals surface area contributed by atoms with Crippen LogP contribution in [-0.4, -0.2) is 16.9 Å². The van der Waals surface area contributed by atoms with Crippen LogP contribution in [0.5, 0.6) is 0 Å². The van der Waals surface area contributed by atoms with Gasteiger partial charge in [0.1, 0.15) is 0 Å². The van der Waals surface area contributed by atoms with Crippen LogP contribution in [0.4, 0.5) is 0 Å². The topological polar surface area (TPSA) is 42.0 Å². The lowest BCUT2D eigenvalue weighted by atomic mass is 10.0. The summed E-state index contributed by atoms with van der Waals surface area (Å²) in [5.74, 6) is -0.0949. The van der Waals surface area contributed by atoms with E-state index in [-0.39, 0.29) is 11.9 Å². The Morgan fingerprint density at radius 3 is 2.47 bits per heavy atom. The standard InChI is InChI=1S/C26H23ClN2O/c1-18(15-16-19-9-3-2-4-10-19)28-26(30)22-17-25(21-12-5-7-13-23(21)27)29-24-14-8-6-11-20(22)24/h2-14,17-18H,15-16H2,1H3,(H,28,30). The first-order chi connectivity index (χ1) is 14.6. The molecule has 4 aromatic rings. The smallest absolute Gasteiger partial charge is 0.252 e. The summed E-state index contributed by atoms with van der Waals surface area (Å²) < 4.78 is 0. The van der Waals surface area contributed by atoms with E-state index in [9.17, 15) is 4.79 Å². The fraction of sp³-hybridized carbons (Fsp3) is 0.154. The fourth-order valence-electron chi connectivity index (χ4n) is 3.57. The second kappa shape index (κ2) is 9.10. The first-order valence-corrected chi connectivity index (χ1v) is 10.5. The van der Waals surface area contributed by atoms with Crippen LogP contribution in [0, 0.1) is 0 Å². The van der Waals surface area contributed by atoms with Gasteiger partial charge in [0.25, 0.3) is 5.91 Å². The van der Waals surface area contributed by atoms with Crippen LogP contribution >= 0.6 is 11.6 Å². The van der Waals surface area contributed by atoms with Crippen molar-refractivity contribution >= 4 is 28.4 Å². The second-order valence-electron chi connectivity index (χ2n) is 7.45. The maximum absolute atomic E-state index is 13.2. The van der Waals surface area contributed by atoms with Crippen molar-refractivity contribution in [2.75, 3.05) is 0 Å². The number of rotatable bonds is 6. The van der Waals surface area contributed by atoms with Crippen LogP contribution in [0.3, 0.4) is 0 Å². The summed E-state index contributed by atoms with van der Waals surface area (Å²) in [6.45, 7) is 2.04. The number of carbonyl (C=O) groups excluding carboxylic acids is 1. The van der Waals surface area contributed by atoms with E-state index < -0.39 is 0 Å². The van der Waals surface area contributed by atoms with E-state index >= 15 is 0 Å². The highest BCUT2D eigenvalue weighted by Crippen LogP contribution is 2.29. The monoisotopic (exact) mass is 414 g/mol. The molecule has 0 saturated heterocycles. The lowest BCUT2D eigenvalue weighted by Gasteiger charge is -2.16. The van der Waals surface area contributed by atoms with Crippen LogP contribution in [0.2, 0.25) is 5.02 Å². The van der Waals surface area contributed by atoms with Gasteiger partial charge in [-0.1, -0.05) is 78.3 Å². The molecule has 0 spiro atoms. The van der Waals surface area contributed by atoms with Crippen molar-refractivity contribution in [3.8, 4) is 11.3 Å². The highest BCUT2D eigenvalue weighted by molar-refractivity contribution is 6.33. The minimum Gasteiger partial charge on any atom is -0.350 e. The highest BCUT2D eigenvalue weighted by atomic mass is 35.5. The van der Waals surface area contributed by atoms with Gasteiger partial charge in [0, 0.05) is 22.0 Å². The van der Waals surface area contributed by atoms with Gasteiger partial charge in [0.15, 0.2) is 0 Å². The quantitative estimate of drug-likeness (QED) is 0.402. The number of hydrogen-bond donors (Lipinski definition) is 1. The summed E-state index contributed by atoms with van der Waals surface area (Å²) in [4.78, 5) is 17.9. The minimum absolute atomic E-state index is 0.0494. The molecule has 3 aromatic carbocycles. The normalized spacial score (nSPS) is 11.9. The van der Waals surface area contributed by atoms with Gasteiger partial charge < -0.3 is 5.32 Å². The highest BCUT2D eigenvalue weighted by Gasteiger charge is 2.16. The van der Waals surface area contributed by atoms with Crippen LogP contribution in [-0.2, 0) is 6.42 Å². The Bertz CT molecular complexity index is 1170. The van der Waals surface area contributed by atoms with E-state index in [0.29, 0.717) is 16.3 Å². The number of nitrogens with one attached hydrogen (secondary N) is 1. The number of carbonyl (C=O) groups is 1. The zero-order chi connectivity index (χ0) is 20.9. The largest absolute Gasteiger partial charge is 0.350 e. The van der Waals surface area contributed by atoms with Crippen molar-refractivity contribution in [2.45, 2.75) is 25.8 Å². The number of hydrogen-bond acceptors (Lipinski definition) is 2. The summed E-state index contributed by atoms with van der Waals surface area (Å²) >= 11 is 6.39. The number of pyridine rings is 1. The number of amides is 1. The number of para-hydroxylation sites is 1. The molecule has 1 unspecified atom stereocenters. The molecule has 1 aromatic heterocycles. The number of fused-ring (bicyclic) bond motifs is 1. The van der Waals surface area contributed by atoms with E-state index in [1.165, 1.54) is 5.56 Å². The molecule has 0 aliphatic rings. The molecule has 0 aliphatic carbocycles. The van der Waals surface area contributed by atoms with Crippen LogP contribution in [0.15, 0.2) is 84.9 Å². The predicted octanol–water partition coefficient (Wildman–Crippen LogP) is 6.31. The van der Waals surface area contributed by atoms with E-state index in [2.05, 4.69) is 17.4 Å². The van der Waals surface area contributed by atoms with Gasteiger partial charge in [-0.25, -0.2) is 4.98 Å². The Kier molecular flexibility index (Phi) is 6.10. The molecule has 0 fully saturated rings.